The van der Waals surface area contributed by atoms with Gasteiger partial charge in [-0.1, -0.05) is 48.0 Å². The lowest BCUT2D eigenvalue weighted by Gasteiger charge is -2.09. The Morgan fingerprint density at radius 3 is 2.31 bits per heavy atom. The number of rotatable bonds is 6. The molecule has 0 atom stereocenters. The van der Waals surface area contributed by atoms with Crippen LogP contribution in [0.2, 0.25) is 5.02 Å². The van der Waals surface area contributed by atoms with E-state index in [0.29, 0.717) is 21.4 Å². The van der Waals surface area contributed by atoms with Gasteiger partial charge in [-0.25, -0.2) is 13.4 Å². The van der Waals surface area contributed by atoms with E-state index in [1.54, 1.807) is 12.1 Å². The van der Waals surface area contributed by atoms with E-state index < -0.39 is 10.0 Å². The van der Waals surface area contributed by atoms with Crippen LogP contribution >= 0.6 is 22.9 Å². The zero-order valence-corrected chi connectivity index (χ0v) is 20.5. The Morgan fingerprint density at radius 1 is 0.857 bits per heavy atom. The first kappa shape index (κ1) is 23.0. The number of carbonyl (C=O) groups is 1. The van der Waals surface area contributed by atoms with Gasteiger partial charge in [0.2, 0.25) is 0 Å². The fourth-order valence-electron chi connectivity index (χ4n) is 3.50. The summed E-state index contributed by atoms with van der Waals surface area (Å²) in [6.45, 7) is 0. The molecule has 0 saturated carbocycles. The SMILES string of the molecule is O=C(Nc1nc(-c2ccc3ccccc3c2)cs1)c1ccc(NS(=O)(=O)c2ccc(Cl)cc2)cc1. The molecule has 2 N–H and O–H groups in total. The van der Waals surface area contributed by atoms with E-state index in [0.717, 1.165) is 22.0 Å². The molecule has 0 bridgehead atoms. The highest BCUT2D eigenvalue weighted by Gasteiger charge is 2.15. The van der Waals surface area contributed by atoms with Crippen LogP contribution in [0.25, 0.3) is 22.0 Å². The summed E-state index contributed by atoms with van der Waals surface area (Å²) < 4.78 is 27.5. The number of amides is 1. The third-order valence-corrected chi connectivity index (χ3v) is 7.70. The van der Waals surface area contributed by atoms with Gasteiger partial charge in [0.25, 0.3) is 15.9 Å². The Bertz CT molecular complexity index is 1630. The number of halogens is 1. The third kappa shape index (κ3) is 5.19. The number of fused-ring (bicyclic) bond motifs is 1. The standard InChI is InChI=1S/C26H18ClN3O3S2/c27-21-9-13-23(14-10-21)35(32,33)30-22-11-7-18(8-12-22)25(31)29-26-28-24(16-34-26)20-6-5-17-3-1-2-4-19(17)15-20/h1-16,30H,(H,28,29,31). The van der Waals surface area contributed by atoms with Crippen molar-refractivity contribution in [3.63, 3.8) is 0 Å². The molecular weight excluding hydrogens is 502 g/mol. The molecule has 35 heavy (non-hydrogen) atoms. The van der Waals surface area contributed by atoms with Crippen LogP contribution in [-0.2, 0) is 10.0 Å². The molecule has 0 saturated heterocycles. The summed E-state index contributed by atoms with van der Waals surface area (Å²) in [5.74, 6) is -0.337. The summed E-state index contributed by atoms with van der Waals surface area (Å²) in [7, 11) is -3.77. The topological polar surface area (TPSA) is 88.2 Å². The molecule has 4 aromatic carbocycles. The zero-order valence-electron chi connectivity index (χ0n) is 18.1. The van der Waals surface area contributed by atoms with Gasteiger partial charge in [-0.15, -0.1) is 11.3 Å². The highest BCUT2D eigenvalue weighted by molar-refractivity contribution is 7.92. The van der Waals surface area contributed by atoms with Crippen molar-refractivity contribution in [1.82, 2.24) is 4.98 Å². The van der Waals surface area contributed by atoms with Crippen molar-refractivity contribution >= 4 is 60.5 Å². The Labute approximate surface area is 211 Å². The normalized spacial score (nSPS) is 11.3. The smallest absolute Gasteiger partial charge is 0.261 e. The minimum atomic E-state index is -3.77. The van der Waals surface area contributed by atoms with E-state index in [1.165, 1.54) is 47.7 Å². The van der Waals surface area contributed by atoms with Gasteiger partial charge in [0, 0.05) is 27.2 Å². The van der Waals surface area contributed by atoms with E-state index in [9.17, 15) is 13.2 Å². The summed E-state index contributed by atoms with van der Waals surface area (Å²) in [5.41, 5.74) is 2.46. The maximum atomic E-state index is 12.7. The number of hydrogen-bond donors (Lipinski definition) is 2. The minimum absolute atomic E-state index is 0.0923. The molecule has 5 rings (SSSR count). The fraction of sp³-hybridized carbons (Fsp3) is 0. The third-order valence-electron chi connectivity index (χ3n) is 5.29. The second-order valence-electron chi connectivity index (χ2n) is 7.69. The van der Waals surface area contributed by atoms with Crippen molar-refractivity contribution in [3.05, 3.63) is 107 Å². The number of benzene rings is 4. The number of thiazole rings is 1. The Balaban J connectivity index is 1.26. The maximum absolute atomic E-state index is 12.7. The van der Waals surface area contributed by atoms with E-state index in [4.69, 9.17) is 11.6 Å². The largest absolute Gasteiger partial charge is 0.298 e. The second kappa shape index (κ2) is 9.50. The average molecular weight is 520 g/mol. The monoisotopic (exact) mass is 519 g/mol. The van der Waals surface area contributed by atoms with Crippen LogP contribution in [0.1, 0.15) is 10.4 Å². The number of anilines is 2. The van der Waals surface area contributed by atoms with Crippen LogP contribution < -0.4 is 10.0 Å². The first-order chi connectivity index (χ1) is 16.9. The lowest BCUT2D eigenvalue weighted by atomic mass is 10.1. The minimum Gasteiger partial charge on any atom is -0.298 e. The van der Waals surface area contributed by atoms with Crippen molar-refractivity contribution in [1.29, 1.82) is 0 Å². The van der Waals surface area contributed by atoms with Crippen LogP contribution in [0.15, 0.2) is 101 Å². The number of nitrogens with zero attached hydrogens (tertiary/aromatic N) is 1. The van der Waals surface area contributed by atoms with Gasteiger partial charge in [-0.2, -0.15) is 0 Å². The second-order valence-corrected chi connectivity index (χ2v) is 10.7. The quantitative estimate of drug-likeness (QED) is 0.262. The molecule has 1 heterocycles. The summed E-state index contributed by atoms with van der Waals surface area (Å²) in [6, 6.07) is 26.2. The van der Waals surface area contributed by atoms with Crippen LogP contribution in [0.3, 0.4) is 0 Å². The first-order valence-corrected chi connectivity index (χ1v) is 13.3. The van der Waals surface area contributed by atoms with E-state index in [2.05, 4.69) is 27.2 Å². The summed E-state index contributed by atoms with van der Waals surface area (Å²) >= 11 is 7.16. The molecule has 174 valence electrons. The summed E-state index contributed by atoms with van der Waals surface area (Å²) in [6.07, 6.45) is 0. The molecule has 0 spiro atoms. The van der Waals surface area contributed by atoms with E-state index >= 15 is 0 Å². The Kier molecular flexibility index (Phi) is 6.25. The van der Waals surface area contributed by atoms with Crippen LogP contribution in [-0.4, -0.2) is 19.3 Å². The molecule has 0 aliphatic heterocycles. The zero-order chi connectivity index (χ0) is 24.4. The van der Waals surface area contributed by atoms with Crippen LogP contribution in [0, 0.1) is 0 Å². The highest BCUT2D eigenvalue weighted by atomic mass is 35.5. The molecule has 9 heteroatoms. The van der Waals surface area contributed by atoms with E-state index in [-0.39, 0.29) is 10.8 Å². The van der Waals surface area contributed by atoms with E-state index in [1.807, 2.05) is 35.7 Å². The van der Waals surface area contributed by atoms with Crippen molar-refractivity contribution in [2.45, 2.75) is 4.90 Å². The molecule has 1 aromatic heterocycles. The number of hydrogen-bond acceptors (Lipinski definition) is 5. The number of carbonyl (C=O) groups excluding carboxylic acids is 1. The molecule has 6 nitrogen and oxygen atoms in total. The van der Waals surface area contributed by atoms with Gasteiger partial charge in [0.05, 0.1) is 10.6 Å². The molecule has 0 unspecified atom stereocenters. The number of sulfonamides is 1. The predicted molar refractivity (Wildman–Crippen MR) is 142 cm³/mol. The molecule has 0 aliphatic carbocycles. The highest BCUT2D eigenvalue weighted by Crippen LogP contribution is 2.28. The summed E-state index contributed by atoms with van der Waals surface area (Å²) in [4.78, 5) is 17.3. The van der Waals surface area contributed by atoms with Crippen molar-refractivity contribution in [2.75, 3.05) is 10.0 Å². The maximum Gasteiger partial charge on any atom is 0.261 e. The van der Waals surface area contributed by atoms with Gasteiger partial charge in [0.1, 0.15) is 0 Å². The molecule has 5 aromatic rings. The number of nitrogens with one attached hydrogen (secondary N) is 2. The lowest BCUT2D eigenvalue weighted by Crippen LogP contribution is -2.14. The average Bonchev–Trinajstić information content (AvgIpc) is 3.32. The molecule has 0 aliphatic rings. The molecule has 1 amide bonds. The first-order valence-electron chi connectivity index (χ1n) is 10.5. The Morgan fingerprint density at radius 2 is 1.57 bits per heavy atom. The molecular formula is C26H18ClN3O3S2. The van der Waals surface area contributed by atoms with Crippen LogP contribution in [0.4, 0.5) is 10.8 Å². The van der Waals surface area contributed by atoms with Gasteiger partial charge in [-0.05, 0) is 65.4 Å². The van der Waals surface area contributed by atoms with Crippen molar-refractivity contribution in [3.8, 4) is 11.3 Å². The van der Waals surface area contributed by atoms with Gasteiger partial charge in [0.15, 0.2) is 5.13 Å². The lowest BCUT2D eigenvalue weighted by molar-refractivity contribution is 0.102. The van der Waals surface area contributed by atoms with Gasteiger partial charge >= 0.3 is 0 Å². The van der Waals surface area contributed by atoms with Gasteiger partial charge < -0.3 is 0 Å². The Hall–Kier alpha value is -3.72. The summed E-state index contributed by atoms with van der Waals surface area (Å²) in [5, 5.41) is 7.90. The molecule has 0 radical (unpaired) electrons. The predicted octanol–water partition coefficient (Wildman–Crippen LogP) is 6.67. The molecule has 0 fully saturated rings. The van der Waals surface area contributed by atoms with Crippen LogP contribution in [0.5, 0.6) is 0 Å². The fourth-order valence-corrected chi connectivity index (χ4v) is 5.40. The van der Waals surface area contributed by atoms with Gasteiger partial charge in [-0.3, -0.25) is 14.8 Å². The van der Waals surface area contributed by atoms with Crippen molar-refractivity contribution in [2.24, 2.45) is 0 Å². The number of aromatic nitrogens is 1. The van der Waals surface area contributed by atoms with Crippen molar-refractivity contribution < 1.29 is 13.2 Å².